The number of carbonyl (C=O) groups is 4. The fourth-order valence-corrected chi connectivity index (χ4v) is 10.9. The summed E-state index contributed by atoms with van der Waals surface area (Å²) in [4.78, 5) is 94.5. The molecule has 0 aliphatic heterocycles. The number of fused-ring (bicyclic) bond motifs is 2. The Bertz CT molecular complexity index is 4650. The number of hydrogen-bond acceptors (Lipinski definition) is 14. The van der Waals surface area contributed by atoms with Gasteiger partial charge in [-0.1, -0.05) is 42.5 Å². The van der Waals surface area contributed by atoms with Crippen LogP contribution < -0.4 is 21.8 Å². The summed E-state index contributed by atoms with van der Waals surface area (Å²) in [5.74, 6) is -6.90. The first-order valence-corrected chi connectivity index (χ1v) is 27.8. The third kappa shape index (κ3) is 12.9. The Labute approximate surface area is 492 Å². The van der Waals surface area contributed by atoms with E-state index < -0.39 is 68.2 Å². The fourth-order valence-electron chi connectivity index (χ4n) is 9.53. The number of esters is 2. The number of hydrogen-bond donors (Lipinski definition) is 2. The lowest BCUT2D eigenvalue weighted by atomic mass is 10.0. The van der Waals surface area contributed by atoms with Crippen molar-refractivity contribution in [3.63, 3.8) is 0 Å². The minimum absolute atomic E-state index is 0.0469. The number of pyridine rings is 6. The van der Waals surface area contributed by atoms with E-state index in [9.17, 15) is 54.7 Å². The Hall–Kier alpha value is -11.0. The summed E-state index contributed by atoms with van der Waals surface area (Å²) in [7, 11) is -1.62. The van der Waals surface area contributed by atoms with Crippen molar-refractivity contribution in [2.24, 2.45) is 0 Å². The van der Waals surface area contributed by atoms with E-state index in [4.69, 9.17) is 9.47 Å². The Morgan fingerprint density at radius 2 is 1.10 bits per heavy atom. The molecular weight excluding hydrogens is 1150 g/mol. The van der Waals surface area contributed by atoms with E-state index in [2.05, 4.69) is 30.6 Å². The molecule has 0 saturated carbocycles. The molecule has 3 aromatic carbocycles. The Balaban J connectivity index is 0.000000197. The maximum Gasteiger partial charge on any atom is 0.356 e. The second kappa shape index (κ2) is 25.5. The molecule has 87 heavy (non-hydrogen) atoms. The predicted molar refractivity (Wildman–Crippen MR) is 309 cm³/mol. The summed E-state index contributed by atoms with van der Waals surface area (Å²) in [6.07, 6.45) is 10.1. The molecule has 2 amide bonds. The zero-order valence-electron chi connectivity index (χ0n) is 45.9. The van der Waals surface area contributed by atoms with Gasteiger partial charge in [-0.25, -0.2) is 54.5 Å². The van der Waals surface area contributed by atoms with Gasteiger partial charge in [-0.3, -0.25) is 24.2 Å². The van der Waals surface area contributed by atoms with Crippen LogP contribution in [0.2, 0.25) is 0 Å². The number of nitrogens with one attached hydrogen (secondary N) is 2. The van der Waals surface area contributed by atoms with Crippen molar-refractivity contribution in [2.45, 2.75) is 37.5 Å². The molecule has 7 heterocycles. The zero-order valence-corrected chi connectivity index (χ0v) is 46.7. The van der Waals surface area contributed by atoms with Gasteiger partial charge in [-0.15, -0.1) is 0 Å². The van der Waals surface area contributed by atoms with Crippen LogP contribution in [0.3, 0.4) is 0 Å². The normalized spacial score (nSPS) is 11.7. The van der Waals surface area contributed by atoms with E-state index >= 15 is 0 Å². The van der Waals surface area contributed by atoms with Gasteiger partial charge in [0.2, 0.25) is 0 Å². The van der Waals surface area contributed by atoms with Crippen molar-refractivity contribution in [3.05, 3.63) is 282 Å². The minimum atomic E-state index is -4.05. The predicted octanol–water partition coefficient (Wildman–Crippen LogP) is 8.21. The average molecular weight is 1200 g/mol. The summed E-state index contributed by atoms with van der Waals surface area (Å²) >= 11 is 0. The number of halogens is 4. The Morgan fingerprint density at radius 1 is 0.575 bits per heavy atom. The van der Waals surface area contributed by atoms with Crippen LogP contribution in [0.15, 0.2) is 191 Å². The van der Waals surface area contributed by atoms with E-state index in [1.807, 2.05) is 18.2 Å². The fraction of sp³-hybridized carbons (Fsp3) is 0.111. The molecule has 1 aliphatic carbocycles. The van der Waals surface area contributed by atoms with E-state index in [-0.39, 0.29) is 64.9 Å². The van der Waals surface area contributed by atoms with Gasteiger partial charge >= 0.3 is 11.9 Å². The van der Waals surface area contributed by atoms with Crippen LogP contribution in [0.4, 0.5) is 17.6 Å². The lowest BCUT2D eigenvalue weighted by Gasteiger charge is -2.12. The molecule has 0 bridgehead atoms. The highest BCUT2D eigenvalue weighted by Gasteiger charge is 2.25. The molecular formula is C63H47F4N9O10S. The van der Waals surface area contributed by atoms with Crippen LogP contribution in [0.1, 0.15) is 81.0 Å². The highest BCUT2D eigenvalue weighted by atomic mass is 32.2. The topological polar surface area (TPSA) is 245 Å². The van der Waals surface area contributed by atoms with Crippen molar-refractivity contribution >= 4 is 50.4 Å². The summed E-state index contributed by atoms with van der Waals surface area (Å²) in [6.45, 7) is -0.449. The number of methoxy groups -OCH3 is 2. The highest BCUT2D eigenvalue weighted by Crippen LogP contribution is 2.34. The maximum absolute atomic E-state index is 13.7. The summed E-state index contributed by atoms with van der Waals surface area (Å²) in [5.41, 5.74) is 4.05. The molecule has 0 saturated heterocycles. The standard InChI is InChI=1S/C34H25F2N5O6S.C29H22F2N4O4/c1-47-34(44)30-17-22(27-20-41(31-25(27)9-5-13-37-31)48(45,46)24-7-3-2-4-8-24)16-23(39-30)18-38-32(42)26-10-6-14-40(33(26)43)19-21-11-12-28(35)29(36)15-21;1-39-29(38)26-14-18(20-7-9-25-21(20)4-2-10-32-25)13-19(34-26)15-33-27(36)22-5-3-11-35(28(22)37)16-17-6-8-23(30)24(31)12-17/h2-17,20H,18-19H2,1H3,(H,38,42);2-8,10-14H,9,15-16H2,1H3,(H,33,36). The number of rotatable bonds is 16. The number of nitrogens with zero attached hydrogens (tertiary/aromatic N) is 7. The van der Waals surface area contributed by atoms with Crippen LogP contribution in [0, 0.1) is 23.3 Å². The van der Waals surface area contributed by atoms with Crippen LogP contribution in [0.5, 0.6) is 0 Å². The van der Waals surface area contributed by atoms with Crippen molar-refractivity contribution in [1.82, 2.24) is 43.7 Å². The number of benzene rings is 3. The number of ether oxygens (including phenoxy) is 2. The van der Waals surface area contributed by atoms with Crippen LogP contribution >= 0.6 is 0 Å². The van der Waals surface area contributed by atoms with Gasteiger partial charge in [0.25, 0.3) is 33.0 Å². The molecule has 1 aliphatic rings. The highest BCUT2D eigenvalue weighted by molar-refractivity contribution is 7.90. The monoisotopic (exact) mass is 1200 g/mol. The third-order valence-electron chi connectivity index (χ3n) is 13.7. The zero-order chi connectivity index (χ0) is 61.5. The lowest BCUT2D eigenvalue weighted by Crippen LogP contribution is -2.33. The summed E-state index contributed by atoms with van der Waals surface area (Å²) < 4.78 is 94.3. The molecule has 0 atom stereocenters. The molecule has 19 nitrogen and oxygen atoms in total. The number of amides is 2. The molecule has 24 heteroatoms. The molecule has 10 aromatic rings. The van der Waals surface area contributed by atoms with E-state index in [0.29, 0.717) is 39.8 Å². The average Bonchev–Trinajstić information content (AvgIpc) is 2.40. The second-order valence-corrected chi connectivity index (χ2v) is 21.2. The van der Waals surface area contributed by atoms with Crippen LogP contribution in [-0.2, 0) is 52.1 Å². The molecule has 0 spiro atoms. The second-order valence-electron chi connectivity index (χ2n) is 19.4. The van der Waals surface area contributed by atoms with Gasteiger partial charge in [-0.2, -0.15) is 0 Å². The lowest BCUT2D eigenvalue weighted by molar-refractivity contribution is 0.0585. The van der Waals surface area contributed by atoms with E-state index in [1.165, 1.54) is 103 Å². The maximum atomic E-state index is 13.7. The first kappa shape index (κ1) is 59.2. The quantitative estimate of drug-likeness (QED) is 0.0684. The van der Waals surface area contributed by atoms with Crippen molar-refractivity contribution in [2.75, 3.05) is 14.2 Å². The van der Waals surface area contributed by atoms with Crippen LogP contribution in [-0.4, -0.2) is 79.4 Å². The molecule has 2 N–H and O–H groups in total. The van der Waals surface area contributed by atoms with E-state index in [0.717, 1.165) is 50.6 Å². The van der Waals surface area contributed by atoms with Crippen molar-refractivity contribution < 1.29 is 54.6 Å². The summed E-state index contributed by atoms with van der Waals surface area (Å²) in [6, 6.07) is 33.6. The van der Waals surface area contributed by atoms with Crippen molar-refractivity contribution in [1.29, 1.82) is 0 Å². The van der Waals surface area contributed by atoms with E-state index in [1.54, 1.807) is 54.7 Å². The first-order valence-electron chi connectivity index (χ1n) is 26.3. The molecule has 0 radical (unpaired) electrons. The largest absolute Gasteiger partial charge is 0.464 e. The number of aromatic nitrogens is 7. The van der Waals surface area contributed by atoms with Crippen LogP contribution in [0.25, 0.3) is 27.7 Å². The molecule has 438 valence electrons. The Kier molecular flexibility index (Phi) is 17.3. The van der Waals surface area contributed by atoms with Gasteiger partial charge in [0.15, 0.2) is 28.9 Å². The smallest absolute Gasteiger partial charge is 0.356 e. The van der Waals surface area contributed by atoms with Crippen molar-refractivity contribution in [3.8, 4) is 11.1 Å². The third-order valence-corrected chi connectivity index (χ3v) is 15.4. The number of allylic oxidation sites excluding steroid dienone is 1. The van der Waals surface area contributed by atoms with Gasteiger partial charge in [-0.05, 0) is 131 Å². The molecule has 0 unspecified atom stereocenters. The first-order chi connectivity index (χ1) is 41.9. The molecule has 7 aromatic heterocycles. The molecule has 0 fully saturated rings. The van der Waals surface area contributed by atoms with Gasteiger partial charge in [0.05, 0.1) is 62.4 Å². The number of carbonyl (C=O) groups excluding carboxylic acids is 4. The minimum Gasteiger partial charge on any atom is -0.464 e. The van der Waals surface area contributed by atoms with Gasteiger partial charge in [0, 0.05) is 53.9 Å². The summed E-state index contributed by atoms with van der Waals surface area (Å²) in [5, 5.41) is 5.77. The van der Waals surface area contributed by atoms with Gasteiger partial charge in [0.1, 0.15) is 22.5 Å². The SMILES string of the molecule is COC(=O)c1cc(-c2cn(S(=O)(=O)c3ccccc3)c3ncccc23)cc(CNC(=O)c2cccn(Cc3ccc(F)c(F)c3)c2=O)n1.COC(=O)c1cc(C2=CCc3ncccc32)cc(CNC(=O)c2cccn(Cc3ccc(F)c(F)c3)c2=O)n1. The molecule has 11 rings (SSSR count). The Morgan fingerprint density at radius 3 is 1.66 bits per heavy atom. The van der Waals surface area contributed by atoms with Gasteiger partial charge < -0.3 is 29.2 Å².